The van der Waals surface area contributed by atoms with E-state index in [-0.39, 0.29) is 0 Å². The average Bonchev–Trinajstić information content (AvgIpc) is 2.87. The maximum absolute atomic E-state index is 5.62. The summed E-state index contributed by atoms with van der Waals surface area (Å²) < 4.78 is 7.78. The summed E-state index contributed by atoms with van der Waals surface area (Å²) in [6.07, 6.45) is 12.9. The quantitative estimate of drug-likeness (QED) is 0.732. The van der Waals surface area contributed by atoms with Gasteiger partial charge in [-0.3, -0.25) is 0 Å². The van der Waals surface area contributed by atoms with E-state index in [1.807, 2.05) is 12.4 Å². The molecule has 1 heterocycles. The standard InChI is InChI=1S/C15H27N3O/c1-2-3-12-19-13-11-18-10-9-16-15(18)17-14-7-5-4-6-8-14/h9-10,14H,2-8,11-13H2,1H3,(H,16,17). The maximum Gasteiger partial charge on any atom is 0.203 e. The van der Waals surface area contributed by atoms with Crippen molar-refractivity contribution in [3.63, 3.8) is 0 Å². The molecular formula is C15H27N3O. The third-order valence-electron chi connectivity index (χ3n) is 3.77. The van der Waals surface area contributed by atoms with Crippen molar-refractivity contribution in [3.8, 4) is 0 Å². The molecule has 1 aromatic heterocycles. The minimum atomic E-state index is 0.607. The Bertz CT molecular complexity index is 345. The fraction of sp³-hybridized carbons (Fsp3) is 0.800. The first-order valence-electron chi connectivity index (χ1n) is 7.75. The summed E-state index contributed by atoms with van der Waals surface area (Å²) in [7, 11) is 0. The topological polar surface area (TPSA) is 39.1 Å². The highest BCUT2D eigenvalue weighted by molar-refractivity contribution is 5.27. The first kappa shape index (κ1) is 14.4. The van der Waals surface area contributed by atoms with Crippen LogP contribution in [0.1, 0.15) is 51.9 Å². The summed E-state index contributed by atoms with van der Waals surface area (Å²) in [6, 6.07) is 0.607. The van der Waals surface area contributed by atoms with E-state index in [1.54, 1.807) is 0 Å². The van der Waals surface area contributed by atoms with Crippen LogP contribution in [0.2, 0.25) is 0 Å². The van der Waals surface area contributed by atoms with Crippen molar-refractivity contribution in [2.75, 3.05) is 18.5 Å². The van der Waals surface area contributed by atoms with Gasteiger partial charge in [0.25, 0.3) is 0 Å². The van der Waals surface area contributed by atoms with E-state index in [1.165, 1.54) is 38.5 Å². The zero-order chi connectivity index (χ0) is 13.3. The fourth-order valence-electron chi connectivity index (χ4n) is 2.57. The van der Waals surface area contributed by atoms with Crippen LogP contribution in [-0.4, -0.2) is 28.8 Å². The van der Waals surface area contributed by atoms with Gasteiger partial charge in [0.05, 0.1) is 6.61 Å². The predicted molar refractivity (Wildman–Crippen MR) is 78.4 cm³/mol. The van der Waals surface area contributed by atoms with E-state index in [9.17, 15) is 0 Å². The lowest BCUT2D eigenvalue weighted by molar-refractivity contribution is 0.124. The zero-order valence-electron chi connectivity index (χ0n) is 12.1. The molecular weight excluding hydrogens is 238 g/mol. The van der Waals surface area contributed by atoms with Crippen molar-refractivity contribution < 1.29 is 4.74 Å². The van der Waals surface area contributed by atoms with Crippen LogP contribution in [0, 0.1) is 0 Å². The average molecular weight is 265 g/mol. The number of nitrogens with zero attached hydrogens (tertiary/aromatic N) is 2. The van der Waals surface area contributed by atoms with E-state index in [0.717, 1.165) is 32.1 Å². The van der Waals surface area contributed by atoms with Crippen LogP contribution in [0.15, 0.2) is 12.4 Å². The molecule has 108 valence electrons. The van der Waals surface area contributed by atoms with E-state index in [2.05, 4.69) is 21.8 Å². The molecule has 1 aromatic rings. The van der Waals surface area contributed by atoms with Crippen molar-refractivity contribution >= 4 is 5.95 Å². The lowest BCUT2D eigenvalue weighted by Gasteiger charge is -2.23. The van der Waals surface area contributed by atoms with Crippen LogP contribution in [0.25, 0.3) is 0 Å². The van der Waals surface area contributed by atoms with Crippen molar-refractivity contribution in [1.82, 2.24) is 9.55 Å². The normalized spacial score (nSPS) is 16.7. The Morgan fingerprint density at radius 3 is 2.95 bits per heavy atom. The first-order chi connectivity index (χ1) is 9.40. The summed E-state index contributed by atoms with van der Waals surface area (Å²) in [5.74, 6) is 1.01. The molecule has 1 N–H and O–H groups in total. The fourth-order valence-corrected chi connectivity index (χ4v) is 2.57. The van der Waals surface area contributed by atoms with Crippen LogP contribution in [-0.2, 0) is 11.3 Å². The number of anilines is 1. The van der Waals surface area contributed by atoms with Crippen molar-refractivity contribution in [2.24, 2.45) is 0 Å². The highest BCUT2D eigenvalue weighted by Gasteiger charge is 2.14. The monoisotopic (exact) mass is 265 g/mol. The van der Waals surface area contributed by atoms with Crippen LogP contribution >= 0.6 is 0 Å². The van der Waals surface area contributed by atoms with E-state index in [4.69, 9.17) is 4.74 Å². The van der Waals surface area contributed by atoms with Gasteiger partial charge < -0.3 is 14.6 Å². The molecule has 0 aliphatic heterocycles. The van der Waals surface area contributed by atoms with Gasteiger partial charge in [0.1, 0.15) is 0 Å². The molecule has 0 radical (unpaired) electrons. The summed E-state index contributed by atoms with van der Waals surface area (Å²) in [6.45, 7) is 4.72. The van der Waals surface area contributed by atoms with Crippen molar-refractivity contribution in [2.45, 2.75) is 64.5 Å². The molecule has 2 rings (SSSR count). The smallest absolute Gasteiger partial charge is 0.203 e. The molecule has 0 bridgehead atoms. The number of aromatic nitrogens is 2. The maximum atomic E-state index is 5.62. The second kappa shape index (κ2) is 8.20. The third-order valence-corrected chi connectivity index (χ3v) is 3.77. The minimum Gasteiger partial charge on any atom is -0.380 e. The Morgan fingerprint density at radius 1 is 1.32 bits per heavy atom. The Kier molecular flexibility index (Phi) is 6.21. The van der Waals surface area contributed by atoms with E-state index >= 15 is 0 Å². The number of ether oxygens (including phenoxy) is 1. The van der Waals surface area contributed by atoms with Crippen LogP contribution in [0.5, 0.6) is 0 Å². The Labute approximate surface area is 116 Å². The molecule has 0 saturated heterocycles. The lowest BCUT2D eigenvalue weighted by atomic mass is 9.96. The number of hydrogen-bond donors (Lipinski definition) is 1. The van der Waals surface area contributed by atoms with Gasteiger partial charge in [-0.1, -0.05) is 32.6 Å². The highest BCUT2D eigenvalue weighted by Crippen LogP contribution is 2.20. The number of rotatable bonds is 8. The van der Waals surface area contributed by atoms with Gasteiger partial charge in [-0.15, -0.1) is 0 Å². The Morgan fingerprint density at radius 2 is 2.16 bits per heavy atom. The molecule has 0 unspecified atom stereocenters. The second-order valence-corrected chi connectivity index (χ2v) is 5.39. The number of unbranched alkanes of at least 4 members (excludes halogenated alkanes) is 1. The highest BCUT2D eigenvalue weighted by atomic mass is 16.5. The second-order valence-electron chi connectivity index (χ2n) is 5.39. The van der Waals surface area contributed by atoms with Gasteiger partial charge in [0, 0.05) is 31.6 Å². The summed E-state index contributed by atoms with van der Waals surface area (Å²) in [5, 5.41) is 3.58. The minimum absolute atomic E-state index is 0.607. The lowest BCUT2D eigenvalue weighted by Crippen LogP contribution is -2.24. The van der Waals surface area contributed by atoms with Crippen LogP contribution in [0.3, 0.4) is 0 Å². The molecule has 19 heavy (non-hydrogen) atoms. The summed E-state index contributed by atoms with van der Waals surface area (Å²) >= 11 is 0. The molecule has 4 nitrogen and oxygen atoms in total. The number of hydrogen-bond acceptors (Lipinski definition) is 3. The van der Waals surface area contributed by atoms with Crippen molar-refractivity contribution in [3.05, 3.63) is 12.4 Å². The van der Waals surface area contributed by atoms with Gasteiger partial charge >= 0.3 is 0 Å². The number of nitrogens with one attached hydrogen (secondary N) is 1. The van der Waals surface area contributed by atoms with E-state index < -0.39 is 0 Å². The summed E-state index contributed by atoms with van der Waals surface area (Å²) in [5.41, 5.74) is 0. The zero-order valence-corrected chi connectivity index (χ0v) is 12.1. The van der Waals surface area contributed by atoms with Gasteiger partial charge in [-0.25, -0.2) is 4.98 Å². The third kappa shape index (κ3) is 4.86. The van der Waals surface area contributed by atoms with E-state index in [0.29, 0.717) is 6.04 Å². The molecule has 0 amide bonds. The Balaban J connectivity index is 1.73. The molecule has 4 heteroatoms. The predicted octanol–water partition coefficient (Wildman–Crippen LogP) is 3.44. The molecule has 1 saturated carbocycles. The van der Waals surface area contributed by atoms with Gasteiger partial charge in [-0.05, 0) is 19.3 Å². The van der Waals surface area contributed by atoms with Crippen LogP contribution < -0.4 is 5.32 Å². The molecule has 0 spiro atoms. The number of imidazole rings is 1. The first-order valence-corrected chi connectivity index (χ1v) is 7.75. The summed E-state index contributed by atoms with van der Waals surface area (Å²) in [4.78, 5) is 4.42. The molecule has 0 aromatic carbocycles. The molecule has 1 fully saturated rings. The SMILES string of the molecule is CCCCOCCn1ccnc1NC1CCCCC1. The van der Waals surface area contributed by atoms with Gasteiger partial charge in [0.2, 0.25) is 5.95 Å². The molecule has 1 aliphatic rings. The molecule has 1 aliphatic carbocycles. The Hall–Kier alpha value is -1.03. The van der Waals surface area contributed by atoms with Gasteiger partial charge in [-0.2, -0.15) is 0 Å². The van der Waals surface area contributed by atoms with Gasteiger partial charge in [0.15, 0.2) is 0 Å². The van der Waals surface area contributed by atoms with Crippen molar-refractivity contribution in [1.29, 1.82) is 0 Å². The van der Waals surface area contributed by atoms with Crippen LogP contribution in [0.4, 0.5) is 5.95 Å². The largest absolute Gasteiger partial charge is 0.380 e. The molecule has 0 atom stereocenters.